The summed E-state index contributed by atoms with van der Waals surface area (Å²) < 4.78 is 19.3. The first kappa shape index (κ1) is 17.0. The normalized spacial score (nSPS) is 15.7. The van der Waals surface area contributed by atoms with Gasteiger partial charge in [-0.3, -0.25) is 0 Å². The minimum atomic E-state index is -1.20. The van der Waals surface area contributed by atoms with Crippen LogP contribution in [0.3, 0.4) is 0 Å². The monoisotopic (exact) mass is 282 g/mol. The first-order valence-corrected chi connectivity index (χ1v) is 7.51. The summed E-state index contributed by atoms with van der Waals surface area (Å²) in [6.45, 7) is 5.96. The van der Waals surface area contributed by atoms with Crippen LogP contribution in [0, 0.1) is 11.7 Å². The van der Waals surface area contributed by atoms with Gasteiger partial charge in [-0.25, -0.2) is 4.39 Å². The van der Waals surface area contributed by atoms with Crippen molar-refractivity contribution in [3.8, 4) is 5.75 Å². The Bertz CT molecular complexity index is 415. The number of aliphatic hydroxyl groups is 1. The van der Waals surface area contributed by atoms with Crippen LogP contribution in [-0.2, 0) is 5.60 Å². The first-order chi connectivity index (χ1) is 9.46. The maximum absolute atomic E-state index is 14.1. The summed E-state index contributed by atoms with van der Waals surface area (Å²) in [7, 11) is 1.50. The summed E-state index contributed by atoms with van der Waals surface area (Å²) in [5.41, 5.74) is -0.928. The van der Waals surface area contributed by atoms with Gasteiger partial charge >= 0.3 is 0 Å². The molecule has 2 nitrogen and oxygen atoms in total. The van der Waals surface area contributed by atoms with Gasteiger partial charge in [-0.05, 0) is 31.4 Å². The fraction of sp³-hybridized carbons (Fsp3) is 0.647. The summed E-state index contributed by atoms with van der Waals surface area (Å²) in [4.78, 5) is 0. The smallest absolute Gasteiger partial charge is 0.133 e. The number of halogens is 1. The Hall–Kier alpha value is -1.09. The molecule has 0 aliphatic rings. The largest absolute Gasteiger partial charge is 0.496 e. The zero-order valence-corrected chi connectivity index (χ0v) is 13.1. The van der Waals surface area contributed by atoms with Gasteiger partial charge in [-0.2, -0.15) is 0 Å². The Morgan fingerprint density at radius 2 is 2.05 bits per heavy atom. The third kappa shape index (κ3) is 4.20. The van der Waals surface area contributed by atoms with Gasteiger partial charge in [0.1, 0.15) is 11.6 Å². The molecule has 0 amide bonds. The van der Waals surface area contributed by atoms with Crippen LogP contribution in [0.1, 0.15) is 58.4 Å². The van der Waals surface area contributed by atoms with Gasteiger partial charge in [-0.15, -0.1) is 0 Å². The third-order valence-corrected chi connectivity index (χ3v) is 3.96. The predicted molar refractivity (Wildman–Crippen MR) is 80.4 cm³/mol. The maximum Gasteiger partial charge on any atom is 0.133 e. The number of ether oxygens (including phenoxy) is 1. The van der Waals surface area contributed by atoms with Crippen LogP contribution in [0.5, 0.6) is 5.75 Å². The van der Waals surface area contributed by atoms with Crippen molar-refractivity contribution < 1.29 is 14.2 Å². The predicted octanol–water partition coefficient (Wildman–Crippen LogP) is 4.65. The lowest BCUT2D eigenvalue weighted by atomic mass is 9.82. The Labute approximate surface area is 122 Å². The average Bonchev–Trinajstić information content (AvgIpc) is 2.42. The number of methoxy groups -OCH3 is 1. The highest BCUT2D eigenvalue weighted by Crippen LogP contribution is 2.38. The molecule has 1 N–H and O–H groups in total. The summed E-state index contributed by atoms with van der Waals surface area (Å²) in [6.07, 6.45) is 4.90. The molecule has 0 heterocycles. The molecule has 0 aliphatic heterocycles. The van der Waals surface area contributed by atoms with Crippen molar-refractivity contribution in [2.24, 2.45) is 5.92 Å². The summed E-state index contributed by atoms with van der Waals surface area (Å²) in [5.74, 6) is 0.411. The van der Waals surface area contributed by atoms with Crippen molar-refractivity contribution in [3.05, 3.63) is 29.6 Å². The second kappa shape index (κ2) is 7.63. The minimum Gasteiger partial charge on any atom is -0.496 e. The van der Waals surface area contributed by atoms with E-state index < -0.39 is 11.4 Å². The second-order valence-electron chi connectivity index (χ2n) is 5.71. The molecule has 0 radical (unpaired) electrons. The molecule has 1 aromatic rings. The lowest BCUT2D eigenvalue weighted by Crippen LogP contribution is -2.27. The van der Waals surface area contributed by atoms with E-state index in [9.17, 15) is 9.50 Å². The van der Waals surface area contributed by atoms with Crippen molar-refractivity contribution in [2.75, 3.05) is 7.11 Å². The van der Waals surface area contributed by atoms with Crippen molar-refractivity contribution in [1.82, 2.24) is 0 Å². The molecular formula is C17H27FO2. The van der Waals surface area contributed by atoms with Gasteiger partial charge in [0.05, 0.1) is 18.3 Å². The molecular weight excluding hydrogens is 255 g/mol. The third-order valence-electron chi connectivity index (χ3n) is 3.96. The lowest BCUT2D eigenvalue weighted by molar-refractivity contribution is 0.0219. The summed E-state index contributed by atoms with van der Waals surface area (Å²) >= 11 is 0. The SMILES string of the molecule is CCCCC(CC)CC(C)(O)c1c(F)cccc1OC. The van der Waals surface area contributed by atoms with Crippen LogP contribution in [0.25, 0.3) is 0 Å². The van der Waals surface area contributed by atoms with E-state index in [2.05, 4.69) is 13.8 Å². The molecule has 0 saturated heterocycles. The molecule has 0 spiro atoms. The van der Waals surface area contributed by atoms with Gasteiger partial charge in [0, 0.05) is 0 Å². The fourth-order valence-corrected chi connectivity index (χ4v) is 2.80. The van der Waals surface area contributed by atoms with Crippen molar-refractivity contribution in [2.45, 2.75) is 58.5 Å². The zero-order valence-electron chi connectivity index (χ0n) is 13.1. The Morgan fingerprint density at radius 1 is 1.35 bits per heavy atom. The highest BCUT2D eigenvalue weighted by atomic mass is 19.1. The van der Waals surface area contributed by atoms with Gasteiger partial charge < -0.3 is 9.84 Å². The number of hydrogen-bond donors (Lipinski definition) is 1. The molecule has 0 bridgehead atoms. The quantitative estimate of drug-likeness (QED) is 0.752. The maximum atomic E-state index is 14.1. The van der Waals surface area contributed by atoms with E-state index in [0.717, 1.165) is 25.7 Å². The van der Waals surface area contributed by atoms with Gasteiger partial charge in [0.15, 0.2) is 0 Å². The number of unbranched alkanes of at least 4 members (excludes halogenated alkanes) is 1. The van der Waals surface area contributed by atoms with Gasteiger partial charge in [0.25, 0.3) is 0 Å². The van der Waals surface area contributed by atoms with E-state index in [1.807, 2.05) is 0 Å². The molecule has 0 aromatic heterocycles. The first-order valence-electron chi connectivity index (χ1n) is 7.51. The van der Waals surface area contributed by atoms with Gasteiger partial charge in [0.2, 0.25) is 0 Å². The summed E-state index contributed by atoms with van der Waals surface area (Å²) in [5, 5.41) is 10.8. The van der Waals surface area contributed by atoms with E-state index in [1.54, 1.807) is 19.1 Å². The van der Waals surface area contributed by atoms with Crippen molar-refractivity contribution >= 4 is 0 Å². The topological polar surface area (TPSA) is 29.5 Å². The molecule has 0 saturated carbocycles. The van der Waals surface area contributed by atoms with Crippen LogP contribution < -0.4 is 4.74 Å². The Kier molecular flexibility index (Phi) is 6.47. The number of rotatable bonds is 8. The van der Waals surface area contributed by atoms with Crippen molar-refractivity contribution in [1.29, 1.82) is 0 Å². The van der Waals surface area contributed by atoms with Crippen LogP contribution in [0.15, 0.2) is 18.2 Å². The van der Waals surface area contributed by atoms with Crippen LogP contribution in [0.2, 0.25) is 0 Å². The fourth-order valence-electron chi connectivity index (χ4n) is 2.80. The Balaban J connectivity index is 2.97. The van der Waals surface area contributed by atoms with Crippen molar-refractivity contribution in [3.63, 3.8) is 0 Å². The second-order valence-corrected chi connectivity index (χ2v) is 5.71. The molecule has 3 heteroatoms. The van der Waals surface area contributed by atoms with E-state index in [-0.39, 0.29) is 5.56 Å². The van der Waals surface area contributed by atoms with Crippen LogP contribution >= 0.6 is 0 Å². The molecule has 2 unspecified atom stereocenters. The zero-order chi connectivity index (χ0) is 15.2. The van der Waals surface area contributed by atoms with E-state index in [4.69, 9.17) is 4.74 Å². The molecule has 114 valence electrons. The minimum absolute atomic E-state index is 0.275. The van der Waals surface area contributed by atoms with Gasteiger partial charge in [-0.1, -0.05) is 45.6 Å². The molecule has 1 aromatic carbocycles. The lowest BCUT2D eigenvalue weighted by Gasteiger charge is -2.30. The molecule has 0 aliphatic carbocycles. The van der Waals surface area contributed by atoms with E-state index >= 15 is 0 Å². The molecule has 0 fully saturated rings. The van der Waals surface area contributed by atoms with Crippen LogP contribution in [-0.4, -0.2) is 12.2 Å². The van der Waals surface area contributed by atoms with Crippen LogP contribution in [0.4, 0.5) is 4.39 Å². The molecule has 1 rings (SSSR count). The number of hydrogen-bond acceptors (Lipinski definition) is 2. The highest BCUT2D eigenvalue weighted by Gasteiger charge is 2.32. The van der Waals surface area contributed by atoms with E-state index in [0.29, 0.717) is 18.1 Å². The van der Waals surface area contributed by atoms with E-state index in [1.165, 1.54) is 13.2 Å². The number of benzene rings is 1. The Morgan fingerprint density at radius 3 is 2.60 bits per heavy atom. The summed E-state index contributed by atoms with van der Waals surface area (Å²) in [6, 6.07) is 4.67. The molecule has 20 heavy (non-hydrogen) atoms. The standard InChI is InChI=1S/C17H27FO2/c1-5-7-9-13(6-2)12-17(3,19)16-14(18)10-8-11-15(16)20-4/h8,10-11,13,19H,5-7,9,12H2,1-4H3. The average molecular weight is 282 g/mol. The molecule has 2 atom stereocenters. The highest BCUT2D eigenvalue weighted by molar-refractivity contribution is 5.38.